The van der Waals surface area contributed by atoms with Gasteiger partial charge in [0.2, 0.25) is 5.88 Å². The van der Waals surface area contributed by atoms with E-state index in [1.807, 2.05) is 39.0 Å². The van der Waals surface area contributed by atoms with E-state index in [9.17, 15) is 9.90 Å². The van der Waals surface area contributed by atoms with Gasteiger partial charge in [0.25, 0.3) is 5.56 Å². The molecule has 3 aromatic rings. The molecule has 0 aliphatic rings. The predicted octanol–water partition coefficient (Wildman–Crippen LogP) is 3.92. The molecular formula is C21H22N2O3. The summed E-state index contributed by atoms with van der Waals surface area (Å²) < 4.78 is 6.46. The highest BCUT2D eigenvalue weighted by atomic mass is 16.5. The summed E-state index contributed by atoms with van der Waals surface area (Å²) >= 11 is 0. The smallest absolute Gasteiger partial charge is 0.265 e. The molecule has 0 amide bonds. The van der Waals surface area contributed by atoms with Crippen LogP contribution in [0.4, 0.5) is 0 Å². The van der Waals surface area contributed by atoms with E-state index in [2.05, 4.69) is 4.99 Å². The number of aromatic hydroxyl groups is 1. The zero-order chi connectivity index (χ0) is 18.9. The summed E-state index contributed by atoms with van der Waals surface area (Å²) in [6, 6.07) is 14.2. The van der Waals surface area contributed by atoms with Crippen LogP contribution in [0, 0.1) is 0 Å². The molecule has 0 saturated heterocycles. The summed E-state index contributed by atoms with van der Waals surface area (Å²) in [5.41, 5.74) is 0.501. The Bertz CT molecular complexity index is 1030. The van der Waals surface area contributed by atoms with Crippen LogP contribution in [-0.2, 0) is 0 Å². The van der Waals surface area contributed by atoms with Gasteiger partial charge in [0.15, 0.2) is 0 Å². The van der Waals surface area contributed by atoms with Gasteiger partial charge >= 0.3 is 0 Å². The largest absolute Gasteiger partial charge is 0.497 e. The number of pyridine rings is 1. The summed E-state index contributed by atoms with van der Waals surface area (Å²) in [5, 5.41) is 12.1. The number of hydrogen-bond acceptors (Lipinski definition) is 4. The fourth-order valence-electron chi connectivity index (χ4n) is 2.72. The van der Waals surface area contributed by atoms with Crippen molar-refractivity contribution in [1.29, 1.82) is 0 Å². The minimum atomic E-state index is -0.297. The number of rotatable bonds is 3. The van der Waals surface area contributed by atoms with E-state index in [-0.39, 0.29) is 17.0 Å². The lowest BCUT2D eigenvalue weighted by atomic mass is 10.1. The lowest BCUT2D eigenvalue weighted by molar-refractivity contribution is 0.414. The summed E-state index contributed by atoms with van der Waals surface area (Å²) in [6.07, 6.45) is 1.64. The lowest BCUT2D eigenvalue weighted by Gasteiger charge is -2.16. The molecule has 134 valence electrons. The van der Waals surface area contributed by atoms with Crippen molar-refractivity contribution in [1.82, 2.24) is 4.57 Å². The van der Waals surface area contributed by atoms with E-state index in [0.29, 0.717) is 27.8 Å². The number of nitrogens with zero attached hydrogens (tertiary/aromatic N) is 2. The molecule has 5 heteroatoms. The predicted molar refractivity (Wildman–Crippen MR) is 105 cm³/mol. The monoisotopic (exact) mass is 350 g/mol. The van der Waals surface area contributed by atoms with Gasteiger partial charge in [-0.2, -0.15) is 0 Å². The zero-order valence-corrected chi connectivity index (χ0v) is 15.4. The molecule has 2 aromatic carbocycles. The van der Waals surface area contributed by atoms with Gasteiger partial charge in [0.05, 0.1) is 23.9 Å². The fourth-order valence-corrected chi connectivity index (χ4v) is 2.72. The maximum absolute atomic E-state index is 13.0. The number of ether oxygens (including phenoxy) is 1. The Morgan fingerprint density at radius 3 is 2.23 bits per heavy atom. The third kappa shape index (κ3) is 3.33. The van der Waals surface area contributed by atoms with Gasteiger partial charge in [0, 0.05) is 17.0 Å². The number of aliphatic imine (C=N–C) groups is 1. The highest BCUT2D eigenvalue weighted by molar-refractivity contribution is 6.01. The minimum Gasteiger partial charge on any atom is -0.497 e. The van der Waals surface area contributed by atoms with Gasteiger partial charge in [-0.3, -0.25) is 9.79 Å². The SMILES string of the molecule is COc1ccc(-n2c(O)c(C=NC(C)(C)C)c3ccccc3c2=O)cc1. The summed E-state index contributed by atoms with van der Waals surface area (Å²) in [4.78, 5) is 17.5. The van der Waals surface area contributed by atoms with E-state index in [1.54, 1.807) is 43.7 Å². The van der Waals surface area contributed by atoms with Crippen molar-refractivity contribution >= 4 is 17.0 Å². The van der Waals surface area contributed by atoms with Crippen molar-refractivity contribution in [3.63, 3.8) is 0 Å². The maximum Gasteiger partial charge on any atom is 0.265 e. The molecular weight excluding hydrogens is 328 g/mol. The second-order valence-electron chi connectivity index (χ2n) is 7.05. The minimum absolute atomic E-state index is 0.133. The molecule has 1 N–H and O–H groups in total. The van der Waals surface area contributed by atoms with Gasteiger partial charge in [-0.05, 0) is 51.1 Å². The average molecular weight is 350 g/mol. The first-order valence-electron chi connectivity index (χ1n) is 8.38. The van der Waals surface area contributed by atoms with Crippen LogP contribution in [0.1, 0.15) is 26.3 Å². The van der Waals surface area contributed by atoms with Crippen LogP contribution in [0.5, 0.6) is 11.6 Å². The van der Waals surface area contributed by atoms with Gasteiger partial charge in [-0.15, -0.1) is 0 Å². The Labute approximate surface area is 152 Å². The summed E-state index contributed by atoms with van der Waals surface area (Å²) in [7, 11) is 1.58. The molecule has 0 aliphatic heterocycles. The van der Waals surface area contributed by atoms with Crippen molar-refractivity contribution in [3.05, 3.63) is 64.4 Å². The Morgan fingerprint density at radius 1 is 1.04 bits per heavy atom. The number of methoxy groups -OCH3 is 1. The van der Waals surface area contributed by atoms with Crippen molar-refractivity contribution < 1.29 is 9.84 Å². The first-order chi connectivity index (χ1) is 12.3. The van der Waals surface area contributed by atoms with E-state index in [4.69, 9.17) is 4.74 Å². The highest BCUT2D eigenvalue weighted by Gasteiger charge is 2.17. The Hall–Kier alpha value is -3.08. The number of hydrogen-bond donors (Lipinski definition) is 1. The van der Waals surface area contributed by atoms with Crippen molar-refractivity contribution in [2.45, 2.75) is 26.3 Å². The molecule has 0 saturated carbocycles. The molecule has 0 unspecified atom stereocenters. The quantitative estimate of drug-likeness (QED) is 0.728. The van der Waals surface area contributed by atoms with E-state index in [1.165, 1.54) is 4.57 Å². The van der Waals surface area contributed by atoms with Gasteiger partial charge in [0.1, 0.15) is 5.75 Å². The second kappa shape index (κ2) is 6.67. The van der Waals surface area contributed by atoms with Crippen LogP contribution >= 0.6 is 0 Å². The fraction of sp³-hybridized carbons (Fsp3) is 0.238. The molecule has 0 atom stereocenters. The van der Waals surface area contributed by atoms with Gasteiger partial charge in [-0.25, -0.2) is 4.57 Å². The molecule has 0 fully saturated rings. The Morgan fingerprint density at radius 2 is 1.65 bits per heavy atom. The first-order valence-corrected chi connectivity index (χ1v) is 8.38. The summed E-state index contributed by atoms with van der Waals surface area (Å²) in [5.74, 6) is 0.545. The van der Waals surface area contributed by atoms with Gasteiger partial charge in [-0.1, -0.05) is 18.2 Å². The van der Waals surface area contributed by atoms with Crippen LogP contribution in [0.25, 0.3) is 16.5 Å². The van der Waals surface area contributed by atoms with E-state index < -0.39 is 0 Å². The van der Waals surface area contributed by atoms with E-state index in [0.717, 1.165) is 0 Å². The average Bonchev–Trinajstić information content (AvgIpc) is 2.61. The topological polar surface area (TPSA) is 63.8 Å². The molecule has 3 rings (SSSR count). The molecule has 5 nitrogen and oxygen atoms in total. The third-order valence-corrected chi connectivity index (χ3v) is 4.02. The van der Waals surface area contributed by atoms with Crippen molar-refractivity contribution in [3.8, 4) is 17.3 Å². The highest BCUT2D eigenvalue weighted by Crippen LogP contribution is 2.27. The number of fused-ring (bicyclic) bond motifs is 1. The maximum atomic E-state index is 13.0. The molecule has 0 bridgehead atoms. The molecule has 0 radical (unpaired) electrons. The second-order valence-corrected chi connectivity index (χ2v) is 7.05. The molecule has 1 aromatic heterocycles. The molecule has 0 aliphatic carbocycles. The molecule has 1 heterocycles. The van der Waals surface area contributed by atoms with Crippen LogP contribution in [0.3, 0.4) is 0 Å². The molecule has 26 heavy (non-hydrogen) atoms. The third-order valence-electron chi connectivity index (χ3n) is 4.02. The van der Waals surface area contributed by atoms with Gasteiger partial charge < -0.3 is 9.84 Å². The van der Waals surface area contributed by atoms with Crippen LogP contribution < -0.4 is 10.3 Å². The molecule has 0 spiro atoms. The van der Waals surface area contributed by atoms with Crippen molar-refractivity contribution in [2.24, 2.45) is 4.99 Å². The van der Waals surface area contributed by atoms with Crippen molar-refractivity contribution in [2.75, 3.05) is 7.11 Å². The van der Waals surface area contributed by atoms with Crippen LogP contribution in [-0.4, -0.2) is 28.5 Å². The standard InChI is InChI=1S/C21H22N2O3/c1-21(2,3)22-13-18-16-7-5-6-8-17(16)19(24)23(20(18)25)14-9-11-15(26-4)12-10-14/h5-13,25H,1-4H3. The normalized spacial score (nSPS) is 12.0. The van der Waals surface area contributed by atoms with Crippen LogP contribution in [0.2, 0.25) is 0 Å². The lowest BCUT2D eigenvalue weighted by Crippen LogP contribution is -2.20. The van der Waals surface area contributed by atoms with E-state index >= 15 is 0 Å². The Kier molecular flexibility index (Phi) is 4.55. The summed E-state index contributed by atoms with van der Waals surface area (Å²) in [6.45, 7) is 5.92. The number of aromatic nitrogens is 1. The zero-order valence-electron chi connectivity index (χ0n) is 15.4. The Balaban J connectivity index is 2.33. The van der Waals surface area contributed by atoms with Crippen LogP contribution in [0.15, 0.2) is 58.3 Å². The number of benzene rings is 2. The first kappa shape index (κ1) is 17.7.